The fourth-order valence-electron chi connectivity index (χ4n) is 9.69. The number of carbonyl (C=O) groups is 7. The molecule has 5 heterocycles. The summed E-state index contributed by atoms with van der Waals surface area (Å²) in [7, 11) is -3.83. The van der Waals surface area contributed by atoms with Gasteiger partial charge >= 0.3 is 11.9 Å². The minimum Gasteiger partial charge on any atom is -0.479 e. The van der Waals surface area contributed by atoms with E-state index < -0.39 is 46.1 Å². The molecule has 4 aliphatic rings. The van der Waals surface area contributed by atoms with E-state index in [0.29, 0.717) is 83.0 Å². The molecule has 4 aromatic rings. The quantitative estimate of drug-likeness (QED) is 0.0762. The first-order chi connectivity index (χ1) is 33.3. The van der Waals surface area contributed by atoms with Crippen molar-refractivity contribution >= 4 is 91.5 Å². The van der Waals surface area contributed by atoms with E-state index in [4.69, 9.17) is 21.4 Å². The lowest BCUT2D eigenvalue weighted by Crippen LogP contribution is -2.55. The van der Waals surface area contributed by atoms with Crippen molar-refractivity contribution in [2.75, 3.05) is 48.7 Å². The monoisotopic (exact) mass is 1020 g/mol. The molecule has 0 radical (unpaired) electrons. The molecule has 3 saturated heterocycles. The van der Waals surface area contributed by atoms with Crippen LogP contribution in [-0.2, 0) is 46.3 Å². The van der Waals surface area contributed by atoms with Crippen LogP contribution in [0.2, 0.25) is 5.02 Å². The van der Waals surface area contributed by atoms with Crippen LogP contribution in [0.25, 0.3) is 10.4 Å². The molecule has 0 spiro atoms. The summed E-state index contributed by atoms with van der Waals surface area (Å²) in [6.07, 6.45) is 2.20. The number of carboxylic acids is 2. The van der Waals surface area contributed by atoms with Crippen LogP contribution in [0.3, 0.4) is 0 Å². The second-order valence-corrected chi connectivity index (χ2v) is 21.7. The van der Waals surface area contributed by atoms with E-state index in [1.807, 2.05) is 19.9 Å². The highest BCUT2D eigenvalue weighted by Crippen LogP contribution is 2.46. The molecule has 1 aromatic heterocycles. The number of carboxylic acid groups (broad SMARTS) is 2. The first kappa shape index (κ1) is 49.9. The molecule has 0 bridgehead atoms. The van der Waals surface area contributed by atoms with E-state index in [2.05, 4.69) is 21.3 Å². The SMILES string of the molecule is CC1(C)C[C@@H](Nc2cccc(-c3sc(C(=O)O)c(OCC(=O)O)c3Cl)c2)CCN1S(=O)(=O)Cc1cccc(NC(=O)C2CCN(C(=O)CNc3cccc4c3CN(C3CCC(=O)NC3=O)C4=O)CC2)c1. The molecule has 5 amide bonds. The Kier molecular flexibility index (Phi) is 14.5. The van der Waals surface area contributed by atoms with Crippen molar-refractivity contribution < 1.29 is 56.9 Å². The minimum absolute atomic E-state index is 0.00991. The highest BCUT2D eigenvalue weighted by atomic mass is 35.5. The van der Waals surface area contributed by atoms with Crippen molar-refractivity contribution in [2.24, 2.45) is 5.92 Å². The number of imide groups is 1. The summed E-state index contributed by atoms with van der Waals surface area (Å²) in [5, 5.41) is 30.7. The highest BCUT2D eigenvalue weighted by Gasteiger charge is 2.42. The van der Waals surface area contributed by atoms with Crippen molar-refractivity contribution in [3.05, 3.63) is 93.3 Å². The van der Waals surface area contributed by atoms with Gasteiger partial charge in [-0.2, -0.15) is 4.31 Å². The zero-order valence-corrected chi connectivity index (χ0v) is 40.7. The summed E-state index contributed by atoms with van der Waals surface area (Å²) in [5.74, 6) is -5.03. The number of amides is 5. The smallest absolute Gasteiger partial charge is 0.349 e. The number of aliphatic carboxylic acids is 1. The number of hydrogen-bond acceptors (Lipinski definition) is 13. The molecule has 1 unspecified atom stereocenters. The van der Waals surface area contributed by atoms with Crippen molar-refractivity contribution in [3.8, 4) is 16.2 Å². The van der Waals surface area contributed by atoms with Crippen LogP contribution in [0.15, 0.2) is 66.7 Å². The Labute approximate surface area is 412 Å². The third-order valence-corrected chi connectivity index (χ3v) is 16.8. The normalized spacial score (nSPS) is 19.6. The lowest BCUT2D eigenvalue weighted by molar-refractivity contribution is -0.139. The van der Waals surface area contributed by atoms with Crippen LogP contribution in [0.4, 0.5) is 17.1 Å². The Morgan fingerprint density at radius 2 is 1.66 bits per heavy atom. The lowest BCUT2D eigenvalue weighted by Gasteiger charge is -2.45. The summed E-state index contributed by atoms with van der Waals surface area (Å²) in [5.41, 5.74) is 3.19. The van der Waals surface area contributed by atoms with Crippen LogP contribution in [0.1, 0.15) is 83.5 Å². The number of nitrogens with zero attached hydrogens (tertiary/aromatic N) is 3. The van der Waals surface area contributed by atoms with Gasteiger partial charge in [-0.3, -0.25) is 29.3 Å². The predicted octanol–water partition coefficient (Wildman–Crippen LogP) is 5.47. The molecular weight excluding hydrogens is 966 g/mol. The van der Waals surface area contributed by atoms with Crippen LogP contribution < -0.4 is 26.0 Å². The Balaban J connectivity index is 0.812. The first-order valence-electron chi connectivity index (χ1n) is 22.7. The predicted molar refractivity (Wildman–Crippen MR) is 260 cm³/mol. The van der Waals surface area contributed by atoms with Gasteiger partial charge < -0.3 is 40.7 Å². The number of fused-ring (bicyclic) bond motifs is 1. The van der Waals surface area contributed by atoms with E-state index >= 15 is 0 Å². The van der Waals surface area contributed by atoms with Gasteiger partial charge in [-0.1, -0.05) is 41.9 Å². The van der Waals surface area contributed by atoms with E-state index in [0.717, 1.165) is 11.3 Å². The molecule has 0 aliphatic carbocycles. The zero-order valence-electron chi connectivity index (χ0n) is 38.3. The molecule has 2 atom stereocenters. The molecule has 8 rings (SSSR count). The molecule has 6 N–H and O–H groups in total. The van der Waals surface area contributed by atoms with Gasteiger partial charge in [0.05, 0.1) is 17.2 Å². The molecule has 70 heavy (non-hydrogen) atoms. The minimum atomic E-state index is -3.83. The maximum Gasteiger partial charge on any atom is 0.349 e. The molecule has 4 aliphatic heterocycles. The van der Waals surface area contributed by atoms with Crippen LogP contribution in [0.5, 0.6) is 5.75 Å². The summed E-state index contributed by atoms with van der Waals surface area (Å²) < 4.78 is 34.8. The van der Waals surface area contributed by atoms with Gasteiger partial charge in [-0.15, -0.1) is 11.3 Å². The summed E-state index contributed by atoms with van der Waals surface area (Å²) in [6.45, 7) is 4.06. The second-order valence-electron chi connectivity index (χ2n) is 18.4. The van der Waals surface area contributed by atoms with Crippen LogP contribution in [0, 0.1) is 5.92 Å². The van der Waals surface area contributed by atoms with E-state index in [-0.39, 0.29) is 89.5 Å². The average Bonchev–Trinajstić information content (AvgIpc) is 3.83. The number of aromatic carboxylic acids is 1. The topological polar surface area (TPSA) is 261 Å². The maximum absolute atomic E-state index is 14.0. The zero-order chi connectivity index (χ0) is 50.1. The fraction of sp³-hybridized carbons (Fsp3) is 0.396. The van der Waals surface area contributed by atoms with Crippen molar-refractivity contribution in [2.45, 2.75) is 82.3 Å². The van der Waals surface area contributed by atoms with E-state index in [9.17, 15) is 47.1 Å². The molecule has 3 aromatic carbocycles. The molecule has 0 saturated carbocycles. The number of sulfonamides is 1. The third kappa shape index (κ3) is 10.9. The van der Waals surface area contributed by atoms with Gasteiger partial charge in [0.15, 0.2) is 17.2 Å². The lowest BCUT2D eigenvalue weighted by atomic mass is 9.89. The highest BCUT2D eigenvalue weighted by molar-refractivity contribution is 7.88. The average molecular weight is 1020 g/mol. The number of thiophene rings is 1. The van der Waals surface area contributed by atoms with E-state index in [1.165, 1.54) is 9.21 Å². The summed E-state index contributed by atoms with van der Waals surface area (Å²) in [4.78, 5) is 90.5. The Hall–Kier alpha value is -6.55. The van der Waals surface area contributed by atoms with E-state index in [1.54, 1.807) is 65.6 Å². The van der Waals surface area contributed by atoms with Crippen LogP contribution in [-0.4, -0.2) is 125 Å². The Morgan fingerprint density at radius 3 is 2.37 bits per heavy atom. The molecule has 370 valence electrons. The number of rotatable bonds is 16. The van der Waals surface area contributed by atoms with Gasteiger partial charge in [0.2, 0.25) is 33.7 Å². The molecule has 19 nitrogen and oxygen atoms in total. The Bertz CT molecular complexity index is 2880. The second kappa shape index (κ2) is 20.4. The standard InChI is InChI=1S/C48H52ClN7O12S2/c1-48(2)22-32(51-31-9-4-7-29(21-31)42-40(49)41(68-25-39(59)60)43(69-42)47(64)65)16-19-56(48)70(66,67)26-27-6-3-8-30(20-27)52-44(61)28-14-17-54(18-15-28)38(58)23-50-35-11-5-10-33-34(35)24-55(46(33)63)36-12-13-37(57)53-45(36)62/h3-11,20-21,28,32,36,50-51H,12-19,22-26H2,1-2H3,(H,52,61)(H,59,60)(H,64,65)(H,53,57,62)/t32-,36?/m0/s1. The largest absolute Gasteiger partial charge is 0.479 e. The van der Waals surface area contributed by atoms with Crippen molar-refractivity contribution in [1.29, 1.82) is 0 Å². The van der Waals surface area contributed by atoms with Gasteiger partial charge in [0.25, 0.3) is 5.91 Å². The number of piperidine rings is 3. The fourth-order valence-corrected chi connectivity index (χ4v) is 13.1. The van der Waals surface area contributed by atoms with Gasteiger partial charge in [-0.05, 0) is 93.5 Å². The van der Waals surface area contributed by atoms with Gasteiger partial charge in [-0.25, -0.2) is 18.0 Å². The number of halogens is 1. The van der Waals surface area contributed by atoms with Gasteiger partial charge in [0, 0.05) is 78.3 Å². The summed E-state index contributed by atoms with van der Waals surface area (Å²) >= 11 is 7.39. The van der Waals surface area contributed by atoms with Crippen molar-refractivity contribution in [1.82, 2.24) is 19.4 Å². The number of likely N-dealkylation sites (tertiary alicyclic amines) is 1. The summed E-state index contributed by atoms with van der Waals surface area (Å²) in [6, 6.07) is 18.2. The maximum atomic E-state index is 14.0. The number of anilines is 3. The number of ether oxygens (including phenoxy) is 1. The molecule has 3 fully saturated rings. The van der Waals surface area contributed by atoms with Gasteiger partial charge in [0.1, 0.15) is 11.1 Å². The number of benzene rings is 3. The molecule has 22 heteroatoms. The number of hydrogen-bond donors (Lipinski definition) is 6. The third-order valence-electron chi connectivity index (χ3n) is 13.1. The van der Waals surface area contributed by atoms with Crippen molar-refractivity contribution in [3.63, 3.8) is 0 Å². The number of carbonyl (C=O) groups excluding carboxylic acids is 5. The first-order valence-corrected chi connectivity index (χ1v) is 25.5. The van der Waals surface area contributed by atoms with Crippen LogP contribution >= 0.6 is 22.9 Å². The number of nitrogens with one attached hydrogen (secondary N) is 4. The Morgan fingerprint density at radius 1 is 0.929 bits per heavy atom. The molecular formula is C48H52ClN7O12S2.